The summed E-state index contributed by atoms with van der Waals surface area (Å²) in [6.07, 6.45) is 0. The molecule has 4 aromatic rings. The van der Waals surface area contributed by atoms with E-state index in [1.54, 1.807) is 0 Å². The average molecular weight is 319 g/mol. The van der Waals surface area contributed by atoms with E-state index in [1.165, 1.54) is 47.0 Å². The van der Waals surface area contributed by atoms with E-state index in [0.29, 0.717) is 0 Å². The van der Waals surface area contributed by atoms with Crippen molar-refractivity contribution in [1.82, 2.24) is 4.98 Å². The zero-order valence-corrected chi connectivity index (χ0v) is 13.6. The van der Waals surface area contributed by atoms with Crippen molar-refractivity contribution in [3.8, 4) is 0 Å². The molecule has 1 aromatic heterocycles. The zero-order chi connectivity index (χ0) is 14.7. The first-order valence-electron chi connectivity index (χ1n) is 7.29. The Bertz CT molecular complexity index is 1050. The molecular formula is C19H13NS2. The lowest BCUT2D eigenvalue weighted by Gasteiger charge is -2.18. The first-order chi connectivity index (χ1) is 10.8. The summed E-state index contributed by atoms with van der Waals surface area (Å²) in [7, 11) is 0. The van der Waals surface area contributed by atoms with E-state index in [9.17, 15) is 0 Å². The standard InChI is InChI=1S/C19H13NS2/c1-11-6-7-14-12(8-11)13-9-18-19(10-15(13)20-14)22-17-5-3-2-4-16(17)21-18/h2-10,20H,1H3. The van der Waals surface area contributed by atoms with Crippen LogP contribution in [0, 0.1) is 6.92 Å². The molecule has 2 heterocycles. The molecule has 0 spiro atoms. The van der Waals surface area contributed by atoms with Gasteiger partial charge in [0, 0.05) is 41.4 Å². The summed E-state index contributed by atoms with van der Waals surface area (Å²) >= 11 is 3.75. The van der Waals surface area contributed by atoms with E-state index in [2.05, 4.69) is 66.5 Å². The van der Waals surface area contributed by atoms with Crippen LogP contribution in [0.25, 0.3) is 21.8 Å². The Labute approximate surface area is 137 Å². The Balaban J connectivity index is 1.78. The second-order valence-electron chi connectivity index (χ2n) is 5.67. The van der Waals surface area contributed by atoms with E-state index >= 15 is 0 Å². The molecule has 1 aliphatic rings. The van der Waals surface area contributed by atoms with Crippen molar-refractivity contribution >= 4 is 45.3 Å². The number of H-pyrrole nitrogens is 1. The smallest absolute Gasteiger partial charge is 0.0477 e. The number of aryl methyl sites for hydroxylation is 1. The van der Waals surface area contributed by atoms with Crippen molar-refractivity contribution in [2.24, 2.45) is 0 Å². The number of rotatable bonds is 0. The first kappa shape index (κ1) is 12.7. The van der Waals surface area contributed by atoms with Gasteiger partial charge in [0.2, 0.25) is 0 Å². The second kappa shape index (κ2) is 4.58. The van der Waals surface area contributed by atoms with Crippen molar-refractivity contribution in [3.63, 3.8) is 0 Å². The Hall–Kier alpha value is -1.84. The summed E-state index contributed by atoms with van der Waals surface area (Å²) in [5.41, 5.74) is 3.75. The minimum absolute atomic E-state index is 1.22. The van der Waals surface area contributed by atoms with Crippen LogP contribution in [-0.4, -0.2) is 4.98 Å². The van der Waals surface area contributed by atoms with Gasteiger partial charge in [-0.1, -0.05) is 47.3 Å². The normalized spacial score (nSPS) is 13.3. The molecule has 22 heavy (non-hydrogen) atoms. The van der Waals surface area contributed by atoms with Gasteiger partial charge in [-0.3, -0.25) is 0 Å². The van der Waals surface area contributed by atoms with Crippen LogP contribution in [0.2, 0.25) is 0 Å². The molecule has 0 saturated heterocycles. The van der Waals surface area contributed by atoms with Crippen molar-refractivity contribution in [2.75, 3.05) is 0 Å². The van der Waals surface area contributed by atoms with Gasteiger partial charge in [-0.25, -0.2) is 0 Å². The van der Waals surface area contributed by atoms with Gasteiger partial charge in [-0.2, -0.15) is 0 Å². The number of nitrogens with one attached hydrogen (secondary N) is 1. The monoisotopic (exact) mass is 319 g/mol. The third-order valence-corrected chi connectivity index (χ3v) is 6.63. The predicted octanol–water partition coefficient (Wildman–Crippen LogP) is 6.25. The third-order valence-electron chi connectivity index (χ3n) is 4.11. The van der Waals surface area contributed by atoms with Gasteiger partial charge >= 0.3 is 0 Å². The molecule has 3 aromatic carbocycles. The van der Waals surface area contributed by atoms with Crippen LogP contribution in [0.1, 0.15) is 5.56 Å². The van der Waals surface area contributed by atoms with Gasteiger partial charge in [0.05, 0.1) is 0 Å². The number of hydrogen-bond acceptors (Lipinski definition) is 2. The predicted molar refractivity (Wildman–Crippen MR) is 95.2 cm³/mol. The van der Waals surface area contributed by atoms with Crippen molar-refractivity contribution < 1.29 is 0 Å². The summed E-state index contributed by atoms with van der Waals surface area (Å²) in [6.45, 7) is 2.15. The minimum Gasteiger partial charge on any atom is -0.354 e. The number of aromatic amines is 1. The molecule has 0 bridgehead atoms. The maximum atomic E-state index is 3.56. The van der Waals surface area contributed by atoms with E-state index < -0.39 is 0 Å². The Morgan fingerprint density at radius 1 is 0.682 bits per heavy atom. The van der Waals surface area contributed by atoms with Crippen LogP contribution in [0.15, 0.2) is 74.2 Å². The van der Waals surface area contributed by atoms with Gasteiger partial charge in [-0.05, 0) is 43.3 Å². The van der Waals surface area contributed by atoms with E-state index in [-0.39, 0.29) is 0 Å². The maximum Gasteiger partial charge on any atom is 0.0477 e. The van der Waals surface area contributed by atoms with Crippen LogP contribution < -0.4 is 0 Å². The zero-order valence-electron chi connectivity index (χ0n) is 12.0. The van der Waals surface area contributed by atoms with Gasteiger partial charge in [0.1, 0.15) is 0 Å². The Morgan fingerprint density at radius 2 is 1.36 bits per heavy atom. The average Bonchev–Trinajstić information content (AvgIpc) is 2.87. The van der Waals surface area contributed by atoms with E-state index in [4.69, 9.17) is 0 Å². The summed E-state index contributed by atoms with van der Waals surface area (Å²) in [6, 6.07) is 19.9. The van der Waals surface area contributed by atoms with Gasteiger partial charge < -0.3 is 4.98 Å². The number of hydrogen-bond donors (Lipinski definition) is 1. The maximum absolute atomic E-state index is 3.56. The van der Waals surface area contributed by atoms with Gasteiger partial charge in [0.15, 0.2) is 0 Å². The van der Waals surface area contributed by atoms with Gasteiger partial charge in [-0.15, -0.1) is 0 Å². The number of benzene rings is 3. The highest BCUT2D eigenvalue weighted by Crippen LogP contribution is 2.49. The fourth-order valence-corrected chi connectivity index (χ4v) is 5.31. The second-order valence-corrected chi connectivity index (χ2v) is 7.84. The molecular weight excluding hydrogens is 306 g/mol. The van der Waals surface area contributed by atoms with E-state index in [0.717, 1.165) is 0 Å². The van der Waals surface area contributed by atoms with Crippen LogP contribution in [0.3, 0.4) is 0 Å². The number of aromatic nitrogens is 1. The van der Waals surface area contributed by atoms with Crippen molar-refractivity contribution in [3.05, 3.63) is 60.2 Å². The summed E-state index contributed by atoms with van der Waals surface area (Å²) < 4.78 is 0. The summed E-state index contributed by atoms with van der Waals surface area (Å²) in [4.78, 5) is 8.97. The Kier molecular flexibility index (Phi) is 2.64. The van der Waals surface area contributed by atoms with Crippen molar-refractivity contribution in [1.29, 1.82) is 0 Å². The Morgan fingerprint density at radius 3 is 2.14 bits per heavy atom. The molecule has 0 saturated carbocycles. The van der Waals surface area contributed by atoms with Crippen LogP contribution in [0.4, 0.5) is 0 Å². The molecule has 0 atom stereocenters. The molecule has 0 amide bonds. The molecule has 106 valence electrons. The first-order valence-corrected chi connectivity index (χ1v) is 8.92. The highest BCUT2D eigenvalue weighted by molar-refractivity contribution is 8.05. The van der Waals surface area contributed by atoms with Crippen molar-refractivity contribution in [2.45, 2.75) is 26.5 Å². The molecule has 0 aliphatic carbocycles. The van der Waals surface area contributed by atoms with Crippen LogP contribution >= 0.6 is 23.5 Å². The lowest BCUT2D eigenvalue weighted by molar-refractivity contribution is 1.17. The SMILES string of the molecule is Cc1ccc2[nH]c3cc4c(cc3c2c1)Sc1ccccc1S4. The largest absolute Gasteiger partial charge is 0.354 e. The van der Waals surface area contributed by atoms with Crippen LogP contribution in [0.5, 0.6) is 0 Å². The molecule has 3 heteroatoms. The molecule has 1 aliphatic heterocycles. The highest BCUT2D eigenvalue weighted by Gasteiger charge is 2.18. The summed E-state index contributed by atoms with van der Waals surface area (Å²) in [5, 5.41) is 2.65. The van der Waals surface area contributed by atoms with Crippen LogP contribution in [-0.2, 0) is 0 Å². The highest BCUT2D eigenvalue weighted by atomic mass is 32.2. The minimum atomic E-state index is 1.22. The quantitative estimate of drug-likeness (QED) is 0.363. The third kappa shape index (κ3) is 1.82. The molecule has 0 radical (unpaired) electrons. The number of fused-ring (bicyclic) bond motifs is 5. The molecule has 1 N–H and O–H groups in total. The lowest BCUT2D eigenvalue weighted by Crippen LogP contribution is -1.88. The van der Waals surface area contributed by atoms with E-state index in [1.807, 2.05) is 23.5 Å². The van der Waals surface area contributed by atoms with Gasteiger partial charge in [0.25, 0.3) is 0 Å². The molecule has 0 fully saturated rings. The fourth-order valence-electron chi connectivity index (χ4n) is 3.04. The summed E-state index contributed by atoms with van der Waals surface area (Å²) in [5.74, 6) is 0. The topological polar surface area (TPSA) is 15.8 Å². The lowest BCUT2D eigenvalue weighted by atomic mass is 10.1. The molecule has 5 rings (SSSR count). The molecule has 0 unspecified atom stereocenters. The molecule has 1 nitrogen and oxygen atoms in total. The fraction of sp³-hybridized carbons (Fsp3) is 0.0526.